The molecule has 1 heterocycles. The highest BCUT2D eigenvalue weighted by atomic mass is 16.5. The Labute approximate surface area is 99.1 Å². The molecule has 0 aromatic carbocycles. The largest absolute Gasteiger partial charge is 0.381 e. The standard InChI is InChI=1S/C13H25NO2/c1-9(2)12-6-7-14(8-12)13(15)10(3)11(4)16-5/h9-12H,6-8H2,1-5H3/t10-,11+,12-/m0/s1. The van der Waals surface area contributed by atoms with Crippen LogP contribution in [-0.2, 0) is 9.53 Å². The second-order valence-electron chi connectivity index (χ2n) is 5.31. The van der Waals surface area contributed by atoms with Gasteiger partial charge in [0.15, 0.2) is 0 Å². The second kappa shape index (κ2) is 5.67. The number of carbonyl (C=O) groups is 1. The van der Waals surface area contributed by atoms with Crippen LogP contribution in [0.25, 0.3) is 0 Å². The Morgan fingerprint density at radius 2 is 1.94 bits per heavy atom. The lowest BCUT2D eigenvalue weighted by molar-refractivity contribution is -0.138. The zero-order valence-electron chi connectivity index (χ0n) is 11.2. The minimum absolute atomic E-state index is 0.00519. The van der Waals surface area contributed by atoms with E-state index in [1.54, 1.807) is 7.11 Å². The van der Waals surface area contributed by atoms with E-state index in [-0.39, 0.29) is 17.9 Å². The molecule has 1 aliphatic heterocycles. The lowest BCUT2D eigenvalue weighted by Crippen LogP contribution is -2.38. The predicted octanol–water partition coefficient (Wildman–Crippen LogP) is 2.16. The fourth-order valence-corrected chi connectivity index (χ4v) is 2.22. The number of methoxy groups -OCH3 is 1. The summed E-state index contributed by atoms with van der Waals surface area (Å²) >= 11 is 0. The first-order chi connectivity index (χ1) is 7.47. The van der Waals surface area contributed by atoms with Crippen LogP contribution in [0.2, 0.25) is 0 Å². The van der Waals surface area contributed by atoms with E-state index in [4.69, 9.17) is 4.74 Å². The predicted molar refractivity (Wildman–Crippen MR) is 65.2 cm³/mol. The van der Waals surface area contributed by atoms with Crippen LogP contribution in [0, 0.1) is 17.8 Å². The molecular formula is C13H25NO2. The number of carbonyl (C=O) groups excluding carboxylic acids is 1. The number of ether oxygens (including phenoxy) is 1. The Kier molecular flexibility index (Phi) is 4.78. The monoisotopic (exact) mass is 227 g/mol. The van der Waals surface area contributed by atoms with Crippen LogP contribution < -0.4 is 0 Å². The van der Waals surface area contributed by atoms with Crippen molar-refractivity contribution >= 4 is 5.91 Å². The van der Waals surface area contributed by atoms with E-state index in [0.717, 1.165) is 19.5 Å². The Balaban J connectivity index is 2.50. The summed E-state index contributed by atoms with van der Waals surface area (Å²) in [6.45, 7) is 10.2. The third-order valence-electron chi connectivity index (χ3n) is 3.94. The van der Waals surface area contributed by atoms with Gasteiger partial charge < -0.3 is 9.64 Å². The first-order valence-corrected chi connectivity index (χ1v) is 6.29. The molecule has 1 amide bonds. The third-order valence-corrected chi connectivity index (χ3v) is 3.94. The van der Waals surface area contributed by atoms with E-state index in [9.17, 15) is 4.79 Å². The van der Waals surface area contributed by atoms with Gasteiger partial charge in [-0.15, -0.1) is 0 Å². The van der Waals surface area contributed by atoms with Gasteiger partial charge in [-0.1, -0.05) is 20.8 Å². The summed E-state index contributed by atoms with van der Waals surface area (Å²) in [6.07, 6.45) is 1.16. The first-order valence-electron chi connectivity index (χ1n) is 6.29. The van der Waals surface area contributed by atoms with E-state index >= 15 is 0 Å². The molecule has 1 fully saturated rings. The SMILES string of the molecule is CO[C@H](C)[C@H](C)C(=O)N1CC[C@H](C(C)C)C1. The van der Waals surface area contributed by atoms with Gasteiger partial charge in [-0.05, 0) is 25.2 Å². The van der Waals surface area contributed by atoms with Crippen LogP contribution in [0.1, 0.15) is 34.1 Å². The maximum atomic E-state index is 12.2. The van der Waals surface area contributed by atoms with Crippen molar-refractivity contribution in [1.29, 1.82) is 0 Å². The second-order valence-corrected chi connectivity index (χ2v) is 5.31. The lowest BCUT2D eigenvalue weighted by atomic mass is 9.95. The molecule has 3 atom stereocenters. The number of rotatable bonds is 4. The van der Waals surface area contributed by atoms with Gasteiger partial charge in [-0.3, -0.25) is 4.79 Å². The molecule has 1 saturated heterocycles. The average molecular weight is 227 g/mol. The van der Waals surface area contributed by atoms with Crippen molar-refractivity contribution in [1.82, 2.24) is 4.90 Å². The molecule has 0 unspecified atom stereocenters. The third kappa shape index (κ3) is 2.97. The summed E-state index contributed by atoms with van der Waals surface area (Å²) in [5, 5.41) is 0. The van der Waals surface area contributed by atoms with Gasteiger partial charge in [0.05, 0.1) is 12.0 Å². The molecule has 16 heavy (non-hydrogen) atoms. The molecule has 0 saturated carbocycles. The maximum Gasteiger partial charge on any atom is 0.228 e. The van der Waals surface area contributed by atoms with Gasteiger partial charge in [0.1, 0.15) is 0 Å². The molecule has 0 spiro atoms. The van der Waals surface area contributed by atoms with Gasteiger partial charge in [0.25, 0.3) is 0 Å². The van der Waals surface area contributed by atoms with Crippen molar-refractivity contribution in [2.75, 3.05) is 20.2 Å². The number of nitrogens with zero attached hydrogens (tertiary/aromatic N) is 1. The Morgan fingerprint density at radius 1 is 1.31 bits per heavy atom. The number of hydrogen-bond acceptors (Lipinski definition) is 2. The number of hydrogen-bond donors (Lipinski definition) is 0. The highest BCUT2D eigenvalue weighted by molar-refractivity contribution is 5.79. The van der Waals surface area contributed by atoms with E-state index in [0.29, 0.717) is 11.8 Å². The average Bonchev–Trinajstić information content (AvgIpc) is 2.75. The Morgan fingerprint density at radius 3 is 2.38 bits per heavy atom. The van der Waals surface area contributed by atoms with E-state index in [1.165, 1.54) is 0 Å². The maximum absolute atomic E-state index is 12.2. The van der Waals surface area contributed by atoms with Gasteiger partial charge in [0.2, 0.25) is 5.91 Å². The highest BCUT2D eigenvalue weighted by Gasteiger charge is 2.32. The fraction of sp³-hybridized carbons (Fsp3) is 0.923. The van der Waals surface area contributed by atoms with Crippen LogP contribution in [0.4, 0.5) is 0 Å². The van der Waals surface area contributed by atoms with Crippen molar-refractivity contribution in [3.8, 4) is 0 Å². The number of likely N-dealkylation sites (tertiary alicyclic amines) is 1. The zero-order valence-corrected chi connectivity index (χ0v) is 11.2. The van der Waals surface area contributed by atoms with Gasteiger partial charge in [-0.2, -0.15) is 0 Å². The smallest absolute Gasteiger partial charge is 0.228 e. The van der Waals surface area contributed by atoms with Gasteiger partial charge in [0, 0.05) is 20.2 Å². The summed E-state index contributed by atoms with van der Waals surface area (Å²) in [4.78, 5) is 14.2. The molecule has 0 aliphatic carbocycles. The first kappa shape index (κ1) is 13.5. The minimum Gasteiger partial charge on any atom is -0.381 e. The van der Waals surface area contributed by atoms with Crippen LogP contribution in [-0.4, -0.2) is 37.1 Å². The highest BCUT2D eigenvalue weighted by Crippen LogP contribution is 2.25. The Bertz CT molecular complexity index is 240. The molecule has 3 nitrogen and oxygen atoms in total. The van der Waals surface area contributed by atoms with Gasteiger partial charge >= 0.3 is 0 Å². The summed E-state index contributed by atoms with van der Waals surface area (Å²) in [6, 6.07) is 0. The topological polar surface area (TPSA) is 29.5 Å². The quantitative estimate of drug-likeness (QED) is 0.736. The molecule has 3 heteroatoms. The minimum atomic E-state index is -0.0316. The molecular weight excluding hydrogens is 202 g/mol. The van der Waals surface area contributed by atoms with Gasteiger partial charge in [-0.25, -0.2) is 0 Å². The van der Waals surface area contributed by atoms with Crippen LogP contribution in [0.5, 0.6) is 0 Å². The molecule has 1 aliphatic rings. The molecule has 94 valence electrons. The summed E-state index contributed by atoms with van der Waals surface area (Å²) in [5.74, 6) is 1.57. The summed E-state index contributed by atoms with van der Waals surface area (Å²) < 4.78 is 5.22. The Hall–Kier alpha value is -0.570. The molecule has 0 aromatic rings. The summed E-state index contributed by atoms with van der Waals surface area (Å²) in [5.41, 5.74) is 0. The van der Waals surface area contributed by atoms with Crippen molar-refractivity contribution in [3.63, 3.8) is 0 Å². The van der Waals surface area contributed by atoms with E-state index < -0.39 is 0 Å². The zero-order chi connectivity index (χ0) is 12.3. The molecule has 0 aromatic heterocycles. The van der Waals surface area contributed by atoms with E-state index in [1.807, 2.05) is 18.7 Å². The van der Waals surface area contributed by atoms with Crippen LogP contribution in [0.3, 0.4) is 0 Å². The molecule has 0 radical (unpaired) electrons. The lowest BCUT2D eigenvalue weighted by Gasteiger charge is -2.24. The van der Waals surface area contributed by atoms with E-state index in [2.05, 4.69) is 13.8 Å². The van der Waals surface area contributed by atoms with Crippen molar-refractivity contribution in [2.24, 2.45) is 17.8 Å². The van der Waals surface area contributed by atoms with Crippen LogP contribution in [0.15, 0.2) is 0 Å². The van der Waals surface area contributed by atoms with Crippen LogP contribution >= 0.6 is 0 Å². The molecule has 0 N–H and O–H groups in total. The van der Waals surface area contributed by atoms with Crippen molar-refractivity contribution in [2.45, 2.75) is 40.2 Å². The molecule has 1 rings (SSSR count). The normalized spacial score (nSPS) is 24.9. The number of amides is 1. The van der Waals surface area contributed by atoms with Crippen molar-refractivity contribution < 1.29 is 9.53 Å². The fourth-order valence-electron chi connectivity index (χ4n) is 2.22. The molecule has 0 bridgehead atoms. The summed E-state index contributed by atoms with van der Waals surface area (Å²) in [7, 11) is 1.66. The van der Waals surface area contributed by atoms with Crippen molar-refractivity contribution in [3.05, 3.63) is 0 Å².